The number of rotatable bonds is 5. The quantitative estimate of drug-likeness (QED) is 0.263. The van der Waals surface area contributed by atoms with E-state index < -0.39 is 42.4 Å². The van der Waals surface area contributed by atoms with Gasteiger partial charge in [0.15, 0.2) is 34.0 Å². The Kier molecular flexibility index (Phi) is 6.34. The summed E-state index contributed by atoms with van der Waals surface area (Å²) in [4.78, 5) is 46.9. The Morgan fingerprint density at radius 2 is 1.79 bits per heavy atom. The minimum Gasteiger partial charge on any atom is -0.463 e. The van der Waals surface area contributed by atoms with Gasteiger partial charge in [0.1, 0.15) is 18.2 Å². The van der Waals surface area contributed by atoms with Gasteiger partial charge in [0.25, 0.3) is 0 Å². The van der Waals surface area contributed by atoms with Crippen LogP contribution in [-0.2, 0) is 33.3 Å². The molecule has 13 heteroatoms. The minimum absolute atomic E-state index is 0.107. The van der Waals surface area contributed by atoms with Gasteiger partial charge in [-0.2, -0.15) is 0 Å². The Morgan fingerprint density at radius 3 is 2.41 bits per heavy atom. The molecule has 0 radical (unpaired) electrons. The highest BCUT2D eigenvalue weighted by molar-refractivity contribution is 9.10. The molecule has 2 aromatic rings. The fourth-order valence-electron chi connectivity index (χ4n) is 2.96. The van der Waals surface area contributed by atoms with E-state index in [4.69, 9.17) is 30.5 Å². The first-order chi connectivity index (χ1) is 13.7. The second kappa shape index (κ2) is 8.59. The van der Waals surface area contributed by atoms with Crippen molar-refractivity contribution in [2.45, 2.75) is 45.3 Å². The number of hydrogen-bond donors (Lipinski definition) is 0. The monoisotopic (exact) mass is 490 g/mol. The molecular weight excluding hydrogens is 476 g/mol. The molecule has 1 unspecified atom stereocenters. The Hall–Kier alpha value is -2.31. The van der Waals surface area contributed by atoms with Gasteiger partial charge in [0, 0.05) is 20.8 Å². The van der Waals surface area contributed by atoms with Gasteiger partial charge in [0.05, 0.1) is 6.33 Å². The number of fused-ring (bicyclic) bond motifs is 1. The molecule has 1 saturated heterocycles. The number of ether oxygens (including phenoxy) is 4. The van der Waals surface area contributed by atoms with E-state index in [1.165, 1.54) is 31.7 Å². The first-order valence-corrected chi connectivity index (χ1v) is 9.53. The zero-order valence-electron chi connectivity index (χ0n) is 15.5. The maximum Gasteiger partial charge on any atom is 0.303 e. The van der Waals surface area contributed by atoms with Crippen LogP contribution in [0.25, 0.3) is 11.2 Å². The average Bonchev–Trinajstić information content (AvgIpc) is 3.15. The van der Waals surface area contributed by atoms with Crippen LogP contribution < -0.4 is 0 Å². The molecule has 0 spiro atoms. The van der Waals surface area contributed by atoms with Crippen molar-refractivity contribution in [3.63, 3.8) is 0 Å². The lowest BCUT2D eigenvalue weighted by atomic mass is 10.1. The molecule has 0 bridgehead atoms. The Bertz CT molecular complexity index is 968. The number of imidazole rings is 1. The van der Waals surface area contributed by atoms with Crippen molar-refractivity contribution < 1.29 is 33.3 Å². The zero-order chi connectivity index (χ0) is 21.3. The van der Waals surface area contributed by atoms with Crippen molar-refractivity contribution in [2.75, 3.05) is 6.61 Å². The van der Waals surface area contributed by atoms with E-state index in [1.807, 2.05) is 0 Å². The maximum absolute atomic E-state index is 11.7. The lowest BCUT2D eigenvalue weighted by Crippen LogP contribution is -2.40. The first kappa shape index (κ1) is 21.4. The average molecular weight is 492 g/mol. The van der Waals surface area contributed by atoms with Gasteiger partial charge in [-0.05, 0) is 15.9 Å². The summed E-state index contributed by atoms with van der Waals surface area (Å²) < 4.78 is 23.4. The van der Waals surface area contributed by atoms with E-state index in [1.54, 1.807) is 0 Å². The molecule has 0 saturated carbocycles. The van der Waals surface area contributed by atoms with Crippen molar-refractivity contribution in [3.05, 3.63) is 16.2 Å². The topological polar surface area (TPSA) is 132 Å². The predicted octanol–water partition coefficient (Wildman–Crippen LogP) is 1.57. The molecule has 3 rings (SSSR count). The summed E-state index contributed by atoms with van der Waals surface area (Å²) in [5.41, 5.74) is 0.598. The highest BCUT2D eigenvalue weighted by Gasteiger charge is 2.51. The van der Waals surface area contributed by atoms with Gasteiger partial charge in [0.2, 0.25) is 0 Å². The Balaban J connectivity index is 2.04. The molecular formula is C16H16BrClN4O7. The van der Waals surface area contributed by atoms with Crippen molar-refractivity contribution in [1.82, 2.24) is 19.5 Å². The molecule has 4 atom stereocenters. The molecule has 0 aromatic carbocycles. The fraction of sp³-hybridized carbons (Fsp3) is 0.500. The van der Waals surface area contributed by atoms with Crippen LogP contribution in [0.4, 0.5) is 0 Å². The maximum atomic E-state index is 11.7. The largest absolute Gasteiger partial charge is 0.463 e. The molecule has 29 heavy (non-hydrogen) atoms. The summed E-state index contributed by atoms with van der Waals surface area (Å²) in [5, 5.41) is 0.107. The van der Waals surface area contributed by atoms with Gasteiger partial charge >= 0.3 is 17.9 Å². The molecule has 0 aliphatic carbocycles. The number of aromatic nitrogens is 4. The third kappa shape index (κ3) is 4.65. The number of nitrogens with zero attached hydrogens (tertiary/aromatic N) is 4. The van der Waals surface area contributed by atoms with Crippen LogP contribution in [0.5, 0.6) is 0 Å². The van der Waals surface area contributed by atoms with Gasteiger partial charge in [-0.1, -0.05) is 11.6 Å². The zero-order valence-corrected chi connectivity index (χ0v) is 17.8. The Morgan fingerprint density at radius 1 is 1.14 bits per heavy atom. The van der Waals surface area contributed by atoms with E-state index in [9.17, 15) is 14.4 Å². The summed E-state index contributed by atoms with van der Waals surface area (Å²) >= 11 is 9.27. The highest BCUT2D eigenvalue weighted by Crippen LogP contribution is 2.36. The number of carbonyl (C=O) groups is 3. The normalized spacial score (nSPS) is 23.8. The molecule has 156 valence electrons. The van der Waals surface area contributed by atoms with Crippen molar-refractivity contribution in [2.24, 2.45) is 0 Å². The number of hydrogen-bond acceptors (Lipinski definition) is 10. The molecule has 1 aliphatic heterocycles. The van der Waals surface area contributed by atoms with Gasteiger partial charge in [-0.3, -0.25) is 19.0 Å². The van der Waals surface area contributed by atoms with E-state index in [2.05, 4.69) is 30.9 Å². The predicted molar refractivity (Wildman–Crippen MR) is 99.7 cm³/mol. The van der Waals surface area contributed by atoms with Crippen LogP contribution in [0.15, 0.2) is 11.1 Å². The molecule has 11 nitrogen and oxygen atoms in total. The Labute approximate surface area is 177 Å². The van der Waals surface area contributed by atoms with Crippen LogP contribution in [0.2, 0.25) is 5.15 Å². The molecule has 0 N–H and O–H groups in total. The van der Waals surface area contributed by atoms with Crippen molar-refractivity contribution >= 4 is 56.6 Å². The van der Waals surface area contributed by atoms with E-state index in [0.29, 0.717) is 11.2 Å². The third-order valence-corrected chi connectivity index (χ3v) is 4.58. The summed E-state index contributed by atoms with van der Waals surface area (Å²) in [7, 11) is 0. The summed E-state index contributed by atoms with van der Waals surface area (Å²) in [5.74, 6) is -1.78. The number of halogens is 2. The van der Waals surface area contributed by atoms with Crippen LogP contribution in [0.3, 0.4) is 0 Å². The van der Waals surface area contributed by atoms with Gasteiger partial charge in [-0.15, -0.1) is 0 Å². The second-order valence-corrected chi connectivity index (χ2v) is 7.19. The van der Waals surface area contributed by atoms with Crippen molar-refractivity contribution in [3.8, 4) is 0 Å². The van der Waals surface area contributed by atoms with Gasteiger partial charge in [-0.25, -0.2) is 15.0 Å². The lowest BCUT2D eigenvalue weighted by molar-refractivity contribution is -0.166. The number of esters is 3. The first-order valence-electron chi connectivity index (χ1n) is 8.36. The lowest BCUT2D eigenvalue weighted by Gasteiger charge is -2.23. The van der Waals surface area contributed by atoms with Crippen LogP contribution in [-0.4, -0.2) is 62.3 Å². The van der Waals surface area contributed by atoms with Crippen molar-refractivity contribution in [1.29, 1.82) is 0 Å². The van der Waals surface area contributed by atoms with E-state index in [-0.39, 0.29) is 16.5 Å². The van der Waals surface area contributed by atoms with Crippen LogP contribution in [0.1, 0.15) is 27.0 Å². The summed E-state index contributed by atoms with van der Waals surface area (Å²) in [6.45, 7) is 3.44. The highest BCUT2D eigenvalue weighted by atomic mass is 79.9. The smallest absolute Gasteiger partial charge is 0.303 e. The van der Waals surface area contributed by atoms with Crippen LogP contribution >= 0.6 is 27.5 Å². The van der Waals surface area contributed by atoms with Crippen LogP contribution in [0, 0.1) is 0 Å². The second-order valence-electron chi connectivity index (χ2n) is 6.12. The standard InChI is InChI=1S/C16H16BrClN4O7/c1-6(23)26-4-9-11(27-7(2)24)12(28-8(3)25)15(29-9)22-5-19-10-13(18)20-16(17)21-14(10)22/h5,9,11-12,15H,4H2,1-3H3/t9-,11+,12?,15-/m1/s1. The molecule has 0 amide bonds. The van der Waals surface area contributed by atoms with Gasteiger partial charge < -0.3 is 18.9 Å². The number of carbonyl (C=O) groups excluding carboxylic acids is 3. The van der Waals surface area contributed by atoms with E-state index >= 15 is 0 Å². The summed E-state index contributed by atoms with van der Waals surface area (Å²) in [6.07, 6.45) is -2.57. The summed E-state index contributed by atoms with van der Waals surface area (Å²) in [6, 6.07) is 0. The molecule has 2 aromatic heterocycles. The minimum atomic E-state index is -1.05. The third-order valence-electron chi connectivity index (χ3n) is 3.97. The van der Waals surface area contributed by atoms with E-state index in [0.717, 1.165) is 0 Å². The fourth-order valence-corrected chi connectivity index (χ4v) is 3.62. The SMILES string of the molecule is CC(=O)OC[C@H]1O[C@@H](n2cnc3c(Cl)nc(Br)nc32)C(OC(C)=O)[C@H]1OC(C)=O. The molecule has 1 aliphatic rings. The molecule has 3 heterocycles. The molecule has 1 fully saturated rings.